The fraction of sp³-hybridized carbons (Fsp3) is 0.471. The maximum atomic E-state index is 4.08. The maximum absolute atomic E-state index is 4.08. The summed E-state index contributed by atoms with van der Waals surface area (Å²) in [5.74, 6) is 0.985. The van der Waals surface area contributed by atoms with Crippen LogP contribution in [0.5, 0.6) is 0 Å². The lowest BCUT2D eigenvalue weighted by Gasteiger charge is -2.26. The molecule has 0 bridgehead atoms. The second-order valence-corrected chi connectivity index (χ2v) is 5.82. The topological polar surface area (TPSA) is 29.9 Å². The van der Waals surface area contributed by atoms with Crippen molar-refractivity contribution in [2.75, 3.05) is 6.54 Å². The average molecular weight is 269 g/mol. The lowest BCUT2D eigenvalue weighted by molar-refractivity contribution is 0.288. The summed E-state index contributed by atoms with van der Waals surface area (Å²) in [4.78, 5) is 4.08. The van der Waals surface area contributed by atoms with Gasteiger partial charge in [-0.2, -0.15) is 0 Å². The van der Waals surface area contributed by atoms with Crippen LogP contribution < -0.4 is 5.32 Å². The Labute approximate surface area is 121 Å². The number of imidazole rings is 1. The highest BCUT2D eigenvalue weighted by atomic mass is 15.0. The molecule has 3 nitrogen and oxygen atoms in total. The van der Waals surface area contributed by atoms with Crippen LogP contribution in [0.1, 0.15) is 44.2 Å². The van der Waals surface area contributed by atoms with Gasteiger partial charge in [0.15, 0.2) is 0 Å². The molecule has 1 N–H and O–H groups in total. The van der Waals surface area contributed by atoms with Gasteiger partial charge >= 0.3 is 0 Å². The Hall–Kier alpha value is -1.61. The van der Waals surface area contributed by atoms with E-state index in [0.29, 0.717) is 6.04 Å². The molecule has 1 unspecified atom stereocenters. The van der Waals surface area contributed by atoms with E-state index >= 15 is 0 Å². The molecule has 0 saturated heterocycles. The Bertz CT molecular complexity index is 512. The molecule has 0 amide bonds. The molecular weight excluding hydrogens is 246 g/mol. The first-order chi connectivity index (χ1) is 9.83. The molecule has 1 aliphatic rings. The van der Waals surface area contributed by atoms with Crippen molar-refractivity contribution in [3.05, 3.63) is 48.5 Å². The van der Waals surface area contributed by atoms with E-state index < -0.39 is 0 Å². The van der Waals surface area contributed by atoms with Crippen LogP contribution in [0.15, 0.2) is 43.0 Å². The van der Waals surface area contributed by atoms with Crippen LogP contribution in [0, 0.1) is 5.92 Å². The molecule has 3 rings (SSSR count). The largest absolute Gasteiger partial charge is 0.310 e. The number of benzene rings is 1. The van der Waals surface area contributed by atoms with E-state index in [0.717, 1.165) is 18.2 Å². The first kappa shape index (κ1) is 13.4. The van der Waals surface area contributed by atoms with E-state index in [4.69, 9.17) is 0 Å². The van der Waals surface area contributed by atoms with Crippen molar-refractivity contribution in [2.24, 2.45) is 5.92 Å². The predicted molar refractivity (Wildman–Crippen MR) is 81.9 cm³/mol. The Kier molecular flexibility index (Phi) is 4.16. The number of nitrogens with zero attached hydrogens (tertiary/aromatic N) is 2. The van der Waals surface area contributed by atoms with E-state index in [1.165, 1.54) is 31.2 Å². The summed E-state index contributed by atoms with van der Waals surface area (Å²) >= 11 is 0. The molecule has 20 heavy (non-hydrogen) atoms. The lowest BCUT2D eigenvalue weighted by atomic mass is 9.83. The minimum atomic E-state index is 0.423. The van der Waals surface area contributed by atoms with Gasteiger partial charge in [0, 0.05) is 24.1 Å². The Balaban J connectivity index is 1.53. The van der Waals surface area contributed by atoms with Gasteiger partial charge in [-0.3, -0.25) is 0 Å². The van der Waals surface area contributed by atoms with E-state index in [1.54, 1.807) is 6.20 Å². The van der Waals surface area contributed by atoms with Gasteiger partial charge in [0.25, 0.3) is 0 Å². The third-order valence-corrected chi connectivity index (χ3v) is 4.42. The highest BCUT2D eigenvalue weighted by molar-refractivity contribution is 5.35. The monoisotopic (exact) mass is 269 g/mol. The molecule has 1 saturated carbocycles. The van der Waals surface area contributed by atoms with Gasteiger partial charge in [-0.15, -0.1) is 0 Å². The molecule has 0 aliphatic heterocycles. The fourth-order valence-electron chi connectivity index (χ4n) is 2.75. The highest BCUT2D eigenvalue weighted by Gasteiger charge is 2.16. The van der Waals surface area contributed by atoms with Gasteiger partial charge < -0.3 is 9.88 Å². The van der Waals surface area contributed by atoms with Gasteiger partial charge in [-0.25, -0.2) is 4.98 Å². The Morgan fingerprint density at radius 2 is 2.10 bits per heavy atom. The number of nitrogens with one attached hydrogen (secondary N) is 1. The van der Waals surface area contributed by atoms with Gasteiger partial charge in [-0.1, -0.05) is 31.4 Å². The van der Waals surface area contributed by atoms with Crippen molar-refractivity contribution in [1.82, 2.24) is 14.9 Å². The first-order valence-corrected chi connectivity index (χ1v) is 7.64. The SMILES string of the molecule is CC(NCCC1CCC1)c1ccc(-n2ccnc2)cc1. The van der Waals surface area contributed by atoms with Crippen molar-refractivity contribution < 1.29 is 0 Å². The molecule has 3 heteroatoms. The molecule has 2 aromatic rings. The summed E-state index contributed by atoms with van der Waals surface area (Å²) in [6.45, 7) is 3.38. The molecule has 0 radical (unpaired) electrons. The molecule has 1 aliphatic carbocycles. The van der Waals surface area contributed by atoms with Crippen molar-refractivity contribution in [2.45, 2.75) is 38.6 Å². The summed E-state index contributed by atoms with van der Waals surface area (Å²) < 4.78 is 2.03. The summed E-state index contributed by atoms with van der Waals surface area (Å²) in [5.41, 5.74) is 2.51. The number of hydrogen-bond donors (Lipinski definition) is 1. The predicted octanol–water partition coefficient (Wildman–Crippen LogP) is 3.71. The third kappa shape index (κ3) is 3.10. The van der Waals surface area contributed by atoms with Crippen molar-refractivity contribution in [3.63, 3.8) is 0 Å². The molecule has 1 fully saturated rings. The zero-order chi connectivity index (χ0) is 13.8. The van der Waals surface area contributed by atoms with Crippen LogP contribution in [-0.2, 0) is 0 Å². The maximum Gasteiger partial charge on any atom is 0.0991 e. The van der Waals surface area contributed by atoms with E-state index in [-0.39, 0.29) is 0 Å². The molecule has 0 spiro atoms. The number of rotatable bonds is 6. The van der Waals surface area contributed by atoms with Crippen molar-refractivity contribution in [3.8, 4) is 5.69 Å². The second kappa shape index (κ2) is 6.23. The van der Waals surface area contributed by atoms with Gasteiger partial charge in [0.1, 0.15) is 0 Å². The van der Waals surface area contributed by atoms with Gasteiger partial charge in [0.05, 0.1) is 6.33 Å². The minimum absolute atomic E-state index is 0.423. The number of hydrogen-bond acceptors (Lipinski definition) is 2. The highest BCUT2D eigenvalue weighted by Crippen LogP contribution is 2.29. The molecule has 1 heterocycles. The van der Waals surface area contributed by atoms with E-state index in [1.807, 2.05) is 17.1 Å². The van der Waals surface area contributed by atoms with Crippen molar-refractivity contribution in [1.29, 1.82) is 0 Å². The Morgan fingerprint density at radius 1 is 1.30 bits per heavy atom. The van der Waals surface area contributed by atoms with Gasteiger partial charge in [-0.05, 0) is 43.5 Å². The summed E-state index contributed by atoms with van der Waals surface area (Å²) in [6.07, 6.45) is 11.3. The van der Waals surface area contributed by atoms with Crippen molar-refractivity contribution >= 4 is 0 Å². The van der Waals surface area contributed by atoms with Crippen LogP contribution in [0.2, 0.25) is 0 Å². The molecule has 1 atom stereocenters. The summed E-state index contributed by atoms with van der Waals surface area (Å²) in [6, 6.07) is 9.14. The van der Waals surface area contributed by atoms with Crippen LogP contribution in [0.25, 0.3) is 5.69 Å². The second-order valence-electron chi connectivity index (χ2n) is 5.82. The minimum Gasteiger partial charge on any atom is -0.310 e. The van der Waals surface area contributed by atoms with Crippen LogP contribution in [-0.4, -0.2) is 16.1 Å². The lowest BCUT2D eigenvalue weighted by Crippen LogP contribution is -2.24. The third-order valence-electron chi connectivity index (χ3n) is 4.42. The molecular formula is C17H23N3. The van der Waals surface area contributed by atoms with Gasteiger partial charge in [0.2, 0.25) is 0 Å². The smallest absolute Gasteiger partial charge is 0.0991 e. The fourth-order valence-corrected chi connectivity index (χ4v) is 2.75. The van der Waals surface area contributed by atoms with Crippen LogP contribution >= 0.6 is 0 Å². The summed E-state index contributed by atoms with van der Waals surface area (Å²) in [7, 11) is 0. The number of aromatic nitrogens is 2. The van der Waals surface area contributed by atoms with E-state index in [9.17, 15) is 0 Å². The van der Waals surface area contributed by atoms with Crippen LogP contribution in [0.4, 0.5) is 0 Å². The van der Waals surface area contributed by atoms with E-state index in [2.05, 4.69) is 41.5 Å². The zero-order valence-electron chi connectivity index (χ0n) is 12.1. The first-order valence-electron chi connectivity index (χ1n) is 7.64. The quantitative estimate of drug-likeness (QED) is 0.866. The molecule has 106 valence electrons. The summed E-state index contributed by atoms with van der Waals surface area (Å²) in [5, 5.41) is 3.63. The normalized spacial score (nSPS) is 16.9. The Morgan fingerprint density at radius 3 is 2.70 bits per heavy atom. The average Bonchev–Trinajstić information content (AvgIpc) is 2.95. The standard InChI is InChI=1S/C17H23N3/c1-14(19-10-9-15-3-2-4-15)16-5-7-17(8-6-16)20-12-11-18-13-20/h5-8,11-15,19H,2-4,9-10H2,1H3. The van der Waals surface area contributed by atoms with Crippen LogP contribution in [0.3, 0.4) is 0 Å². The molecule has 1 aromatic carbocycles. The molecule has 1 aromatic heterocycles. The zero-order valence-corrected chi connectivity index (χ0v) is 12.1.